The van der Waals surface area contributed by atoms with Crippen LogP contribution in [0.15, 0.2) is 0 Å². The van der Waals surface area contributed by atoms with E-state index < -0.39 is 0 Å². The van der Waals surface area contributed by atoms with Crippen molar-refractivity contribution in [3.8, 4) is 0 Å². The van der Waals surface area contributed by atoms with Crippen molar-refractivity contribution in [1.82, 2.24) is 4.90 Å². The summed E-state index contributed by atoms with van der Waals surface area (Å²) in [6.07, 6.45) is 9.85. The Hall–Kier alpha value is -0.0400. The minimum Gasteiger partial charge on any atom is -0.300 e. The first-order valence-electron chi connectivity index (χ1n) is 6.12. The van der Waals surface area contributed by atoms with Crippen LogP contribution in [0, 0.1) is 0 Å². The minimum atomic E-state index is 0. The molecule has 0 aromatic heterocycles. The van der Waals surface area contributed by atoms with Gasteiger partial charge in [-0.3, -0.25) is 0 Å². The predicted molar refractivity (Wildman–Crippen MR) is 65.8 cm³/mol. The lowest BCUT2D eigenvalue weighted by Gasteiger charge is -2.34. The van der Waals surface area contributed by atoms with Crippen LogP contribution in [0.2, 0.25) is 0 Å². The molecule has 0 bridgehead atoms. The summed E-state index contributed by atoms with van der Waals surface area (Å²) in [5, 5.41) is 0. The van der Waals surface area contributed by atoms with Crippen molar-refractivity contribution in [2.24, 2.45) is 0 Å². The van der Waals surface area contributed by atoms with Gasteiger partial charge in [-0.25, -0.2) is 0 Å². The highest BCUT2D eigenvalue weighted by Gasteiger charge is 2.18. The molecule has 1 fully saturated rings. The van der Waals surface area contributed by atoms with E-state index in [0.717, 1.165) is 6.04 Å². The average molecular weight is 199 g/mol. The van der Waals surface area contributed by atoms with Crippen LogP contribution in [0.5, 0.6) is 0 Å². The average Bonchev–Trinajstić information content (AvgIpc) is 2.19. The predicted octanol–water partition coefficient (Wildman–Crippen LogP) is 4.08. The second-order valence-electron chi connectivity index (χ2n) is 4.33. The molecule has 0 N–H and O–H groups in total. The van der Waals surface area contributed by atoms with Gasteiger partial charge in [0.25, 0.3) is 0 Å². The molecule has 86 valence electrons. The summed E-state index contributed by atoms with van der Waals surface area (Å²) in [5.74, 6) is 0. The van der Waals surface area contributed by atoms with Gasteiger partial charge >= 0.3 is 0 Å². The highest BCUT2D eigenvalue weighted by molar-refractivity contribution is 4.74. The topological polar surface area (TPSA) is 3.24 Å². The number of rotatable bonds is 5. The summed E-state index contributed by atoms with van der Waals surface area (Å²) in [6, 6.07) is 0.898. The van der Waals surface area contributed by atoms with E-state index in [9.17, 15) is 0 Å². The van der Waals surface area contributed by atoms with Gasteiger partial charge in [0.2, 0.25) is 0 Å². The summed E-state index contributed by atoms with van der Waals surface area (Å²) in [6.45, 7) is 7.36. The molecule has 1 aliphatic rings. The first-order chi connectivity index (χ1) is 6.38. The fourth-order valence-electron chi connectivity index (χ4n) is 2.46. The first-order valence-corrected chi connectivity index (χ1v) is 6.12. The number of piperidine rings is 1. The Bertz CT molecular complexity index is 110. The van der Waals surface area contributed by atoms with Crippen LogP contribution in [0.3, 0.4) is 0 Å². The SMILES string of the molecule is C.CCCC(CCC)N1CCCCC1. The molecule has 1 rings (SSSR count). The molecule has 0 amide bonds. The monoisotopic (exact) mass is 199 g/mol. The third-order valence-corrected chi connectivity index (χ3v) is 3.15. The van der Waals surface area contributed by atoms with Gasteiger partial charge in [-0.1, -0.05) is 40.5 Å². The van der Waals surface area contributed by atoms with Gasteiger partial charge in [0.15, 0.2) is 0 Å². The van der Waals surface area contributed by atoms with Crippen molar-refractivity contribution in [2.75, 3.05) is 13.1 Å². The standard InChI is InChI=1S/C12H25N.CH4/c1-3-8-12(9-4-2)13-10-6-5-7-11-13;/h12H,3-11H2,1-2H3;1H4. The molecule has 0 aromatic carbocycles. The molecule has 0 spiro atoms. The third kappa shape index (κ3) is 4.45. The summed E-state index contributed by atoms with van der Waals surface area (Å²) < 4.78 is 0. The highest BCUT2D eigenvalue weighted by Crippen LogP contribution is 2.18. The molecule has 0 radical (unpaired) electrons. The van der Waals surface area contributed by atoms with Crippen LogP contribution in [-0.4, -0.2) is 24.0 Å². The van der Waals surface area contributed by atoms with Gasteiger partial charge < -0.3 is 4.90 Å². The Kier molecular flexibility index (Phi) is 8.26. The maximum absolute atomic E-state index is 2.73. The van der Waals surface area contributed by atoms with Crippen LogP contribution >= 0.6 is 0 Å². The molecule has 0 aromatic rings. The molecule has 0 aliphatic carbocycles. The van der Waals surface area contributed by atoms with Crippen molar-refractivity contribution in [3.63, 3.8) is 0 Å². The third-order valence-electron chi connectivity index (χ3n) is 3.15. The number of likely N-dealkylation sites (tertiary alicyclic amines) is 1. The van der Waals surface area contributed by atoms with E-state index in [1.165, 1.54) is 58.0 Å². The molecule has 1 heteroatoms. The van der Waals surface area contributed by atoms with Crippen LogP contribution in [-0.2, 0) is 0 Å². The van der Waals surface area contributed by atoms with Gasteiger partial charge in [0.05, 0.1) is 0 Å². The van der Waals surface area contributed by atoms with Crippen molar-refractivity contribution >= 4 is 0 Å². The lowest BCUT2D eigenvalue weighted by atomic mass is 10.0. The molecular weight excluding hydrogens is 170 g/mol. The quantitative estimate of drug-likeness (QED) is 0.645. The first kappa shape index (κ1) is 14.0. The smallest absolute Gasteiger partial charge is 0.00950 e. The van der Waals surface area contributed by atoms with Crippen LogP contribution in [0.25, 0.3) is 0 Å². The van der Waals surface area contributed by atoms with Crippen molar-refractivity contribution in [2.45, 2.75) is 72.3 Å². The van der Waals surface area contributed by atoms with E-state index in [1.807, 2.05) is 0 Å². The minimum absolute atomic E-state index is 0. The molecule has 1 heterocycles. The van der Waals surface area contributed by atoms with Gasteiger partial charge in [-0.15, -0.1) is 0 Å². The Labute approximate surface area is 90.9 Å². The fourth-order valence-corrected chi connectivity index (χ4v) is 2.46. The van der Waals surface area contributed by atoms with Crippen molar-refractivity contribution < 1.29 is 0 Å². The Morgan fingerprint density at radius 2 is 1.43 bits per heavy atom. The number of hydrogen-bond acceptors (Lipinski definition) is 1. The van der Waals surface area contributed by atoms with Gasteiger partial charge in [-0.05, 0) is 38.8 Å². The van der Waals surface area contributed by atoms with Crippen molar-refractivity contribution in [3.05, 3.63) is 0 Å². The van der Waals surface area contributed by atoms with E-state index in [2.05, 4.69) is 18.7 Å². The Morgan fingerprint density at radius 1 is 0.929 bits per heavy atom. The lowest BCUT2D eigenvalue weighted by Crippen LogP contribution is -2.39. The molecular formula is C13H29N. The van der Waals surface area contributed by atoms with Crippen LogP contribution in [0.4, 0.5) is 0 Å². The largest absolute Gasteiger partial charge is 0.300 e. The van der Waals surface area contributed by atoms with E-state index in [0.29, 0.717) is 0 Å². The molecule has 1 nitrogen and oxygen atoms in total. The zero-order valence-electron chi connectivity index (χ0n) is 9.39. The highest BCUT2D eigenvalue weighted by atomic mass is 15.2. The molecule has 1 aliphatic heterocycles. The Balaban J connectivity index is 0.00000169. The van der Waals surface area contributed by atoms with Gasteiger partial charge in [-0.2, -0.15) is 0 Å². The summed E-state index contributed by atoms with van der Waals surface area (Å²) in [7, 11) is 0. The van der Waals surface area contributed by atoms with E-state index in [1.54, 1.807) is 0 Å². The van der Waals surface area contributed by atoms with Crippen molar-refractivity contribution in [1.29, 1.82) is 0 Å². The molecule has 1 saturated heterocycles. The zero-order chi connectivity index (χ0) is 9.52. The fraction of sp³-hybridized carbons (Fsp3) is 1.00. The van der Waals surface area contributed by atoms with Crippen LogP contribution in [0.1, 0.15) is 66.2 Å². The normalized spacial score (nSPS) is 18.2. The molecule has 0 unspecified atom stereocenters. The lowest BCUT2D eigenvalue weighted by molar-refractivity contribution is 0.146. The maximum Gasteiger partial charge on any atom is 0.00950 e. The summed E-state index contributed by atoms with van der Waals surface area (Å²) in [4.78, 5) is 2.73. The summed E-state index contributed by atoms with van der Waals surface area (Å²) in [5.41, 5.74) is 0. The van der Waals surface area contributed by atoms with E-state index >= 15 is 0 Å². The Morgan fingerprint density at radius 3 is 1.86 bits per heavy atom. The summed E-state index contributed by atoms with van der Waals surface area (Å²) >= 11 is 0. The molecule has 14 heavy (non-hydrogen) atoms. The number of nitrogens with zero attached hydrogens (tertiary/aromatic N) is 1. The van der Waals surface area contributed by atoms with E-state index in [4.69, 9.17) is 0 Å². The van der Waals surface area contributed by atoms with Gasteiger partial charge in [0.1, 0.15) is 0 Å². The molecule has 0 saturated carbocycles. The molecule has 0 atom stereocenters. The van der Waals surface area contributed by atoms with Gasteiger partial charge in [0, 0.05) is 6.04 Å². The number of hydrogen-bond donors (Lipinski definition) is 0. The van der Waals surface area contributed by atoms with E-state index in [-0.39, 0.29) is 7.43 Å². The van der Waals surface area contributed by atoms with Crippen LogP contribution < -0.4 is 0 Å². The maximum atomic E-state index is 2.73. The zero-order valence-corrected chi connectivity index (χ0v) is 9.39. The second kappa shape index (κ2) is 8.28. The second-order valence-corrected chi connectivity index (χ2v) is 4.33.